The number of hydrogen-bond donors (Lipinski definition) is 1. The summed E-state index contributed by atoms with van der Waals surface area (Å²) < 4.78 is 25.1. The molecule has 0 aliphatic carbocycles. The van der Waals surface area contributed by atoms with Gasteiger partial charge in [0.25, 0.3) is 0 Å². The average molecular weight is 569 g/mol. The summed E-state index contributed by atoms with van der Waals surface area (Å²) in [7, 11) is 3.27. The third kappa shape index (κ3) is 4.62. The van der Waals surface area contributed by atoms with E-state index < -0.39 is 0 Å². The van der Waals surface area contributed by atoms with Crippen LogP contribution in [0, 0.1) is 0 Å². The van der Waals surface area contributed by atoms with E-state index in [1.165, 1.54) is 11.8 Å². The molecule has 8 nitrogen and oxygen atoms in total. The van der Waals surface area contributed by atoms with Crippen molar-refractivity contribution < 1.29 is 18.6 Å². The molecule has 6 rings (SSSR count). The molecule has 0 amide bonds. The minimum Gasteiger partial charge on any atom is -0.496 e. The molecule has 0 fully saturated rings. The second-order valence-corrected chi connectivity index (χ2v) is 11.6. The number of nitrogens with zero attached hydrogens (tertiary/aromatic N) is 3. The molecule has 1 atom stereocenters. The largest absolute Gasteiger partial charge is 0.496 e. The van der Waals surface area contributed by atoms with Gasteiger partial charge in [0.05, 0.1) is 24.4 Å². The van der Waals surface area contributed by atoms with Gasteiger partial charge in [-0.05, 0) is 49.4 Å². The fourth-order valence-electron chi connectivity index (χ4n) is 4.24. The Kier molecular flexibility index (Phi) is 6.51. The zero-order valence-corrected chi connectivity index (χ0v) is 23.5. The third-order valence-electron chi connectivity index (χ3n) is 6.43. The molecule has 5 aromatic rings. The molecule has 1 aliphatic rings. The van der Waals surface area contributed by atoms with Crippen LogP contribution in [0.25, 0.3) is 22.4 Å². The number of fused-ring (bicyclic) bond motifs is 2. The van der Waals surface area contributed by atoms with Gasteiger partial charge in [0.2, 0.25) is 0 Å². The van der Waals surface area contributed by atoms with Crippen LogP contribution in [0.3, 0.4) is 0 Å². The van der Waals surface area contributed by atoms with Crippen molar-refractivity contribution in [2.24, 2.45) is 0 Å². The van der Waals surface area contributed by atoms with E-state index in [-0.39, 0.29) is 11.0 Å². The van der Waals surface area contributed by atoms with E-state index in [9.17, 15) is 0 Å². The number of rotatable bonds is 8. The van der Waals surface area contributed by atoms with Crippen molar-refractivity contribution in [2.75, 3.05) is 19.6 Å². The maximum atomic E-state index is 6.26. The second kappa shape index (κ2) is 9.85. The molecule has 0 bridgehead atoms. The first-order valence-electron chi connectivity index (χ1n) is 11.8. The maximum Gasteiger partial charge on any atom is 0.196 e. The molecule has 0 spiro atoms. The molecule has 38 heavy (non-hydrogen) atoms. The first-order chi connectivity index (χ1) is 18.3. The Bertz CT molecular complexity index is 1590. The first-order valence-corrected chi connectivity index (χ1v) is 14.0. The molecule has 0 saturated carbocycles. The Balaban J connectivity index is 1.24. The molecule has 2 aromatic carbocycles. The minimum atomic E-state index is -0.253. The van der Waals surface area contributed by atoms with Gasteiger partial charge in [-0.1, -0.05) is 23.7 Å². The van der Waals surface area contributed by atoms with Crippen LogP contribution in [0.4, 0.5) is 0 Å². The second-order valence-electron chi connectivity index (χ2n) is 9.31. The molecular formula is C27H25ClN4O4S2. The standard InChI is InChI=1S/C27H25ClN4O4S2/c1-27(2,15-5-7-16(28)8-6-15)24-29-17(14-37-24)13-35-21-9-18(33-3)10-22-19(21)11-23(36-22)20-12-32-25(30-20)38-26(31-32)34-4/h5-12,14,26,31H,13H2,1-4H3. The van der Waals surface area contributed by atoms with Gasteiger partial charge < -0.3 is 18.6 Å². The number of thioether (sulfide) groups is 1. The van der Waals surface area contributed by atoms with Crippen molar-refractivity contribution in [1.29, 1.82) is 0 Å². The number of aromatic nitrogens is 3. The van der Waals surface area contributed by atoms with Gasteiger partial charge in [-0.3, -0.25) is 5.43 Å². The number of ether oxygens (including phenoxy) is 3. The number of methoxy groups -OCH3 is 2. The summed E-state index contributed by atoms with van der Waals surface area (Å²) in [6.07, 6.45) is 1.88. The van der Waals surface area contributed by atoms with E-state index in [0.717, 1.165) is 31.8 Å². The minimum absolute atomic E-state index is 0.158. The molecule has 196 valence electrons. The molecule has 11 heteroatoms. The molecule has 0 radical (unpaired) electrons. The number of halogens is 1. The molecule has 4 heterocycles. The number of nitrogens with one attached hydrogen (secondary N) is 1. The Hall–Kier alpha value is -3.18. The summed E-state index contributed by atoms with van der Waals surface area (Å²) in [4.78, 5) is 9.56. The highest BCUT2D eigenvalue weighted by Gasteiger charge is 2.27. The topological polar surface area (TPSA) is 83.6 Å². The maximum absolute atomic E-state index is 6.26. The molecule has 3 aromatic heterocycles. The Morgan fingerprint density at radius 2 is 1.95 bits per heavy atom. The van der Waals surface area contributed by atoms with Crippen LogP contribution in [0.5, 0.6) is 11.5 Å². The zero-order valence-electron chi connectivity index (χ0n) is 21.1. The number of hydrogen-bond acceptors (Lipinski definition) is 9. The number of thiazole rings is 1. The number of benzene rings is 2. The summed E-state index contributed by atoms with van der Waals surface area (Å²) in [5.41, 5.74) is 6.16. The van der Waals surface area contributed by atoms with Crippen molar-refractivity contribution in [3.05, 3.63) is 75.3 Å². The van der Waals surface area contributed by atoms with E-state index >= 15 is 0 Å². The highest BCUT2D eigenvalue weighted by atomic mass is 35.5. The van der Waals surface area contributed by atoms with Gasteiger partial charge >= 0.3 is 0 Å². The van der Waals surface area contributed by atoms with E-state index in [1.807, 2.05) is 58.7 Å². The summed E-state index contributed by atoms with van der Waals surface area (Å²) in [6, 6.07) is 13.6. The predicted octanol–water partition coefficient (Wildman–Crippen LogP) is 6.90. The quantitative estimate of drug-likeness (QED) is 0.216. The van der Waals surface area contributed by atoms with Gasteiger partial charge in [0.1, 0.15) is 34.4 Å². The molecule has 1 unspecified atom stereocenters. The lowest BCUT2D eigenvalue weighted by Crippen LogP contribution is -2.19. The Morgan fingerprint density at radius 3 is 2.68 bits per heavy atom. The Labute approximate surface area is 232 Å². The molecule has 0 saturated heterocycles. The van der Waals surface area contributed by atoms with Gasteiger partial charge in [-0.15, -0.1) is 11.3 Å². The highest BCUT2D eigenvalue weighted by molar-refractivity contribution is 7.99. The third-order valence-corrected chi connectivity index (χ3v) is 8.91. The SMILES string of the molecule is COc1cc(OCc2csc(C(C)(C)c3ccc(Cl)cc3)n2)c2cc(-c3cn4c(n3)SC(OC)N4)oc2c1. The van der Waals surface area contributed by atoms with Crippen LogP contribution >= 0.6 is 34.7 Å². The van der Waals surface area contributed by atoms with Crippen molar-refractivity contribution in [2.45, 2.75) is 36.6 Å². The number of imidazole rings is 1. The van der Waals surface area contributed by atoms with Crippen LogP contribution in [0.15, 0.2) is 63.6 Å². The number of furan rings is 1. The lowest BCUT2D eigenvalue weighted by atomic mass is 9.85. The van der Waals surface area contributed by atoms with Crippen LogP contribution < -0.4 is 14.9 Å². The van der Waals surface area contributed by atoms with Crippen LogP contribution in [-0.4, -0.2) is 34.4 Å². The highest BCUT2D eigenvalue weighted by Crippen LogP contribution is 2.39. The molecule has 1 aliphatic heterocycles. The van der Waals surface area contributed by atoms with Gasteiger partial charge in [0, 0.05) is 35.1 Å². The predicted molar refractivity (Wildman–Crippen MR) is 150 cm³/mol. The normalized spacial score (nSPS) is 15.0. The smallest absolute Gasteiger partial charge is 0.196 e. The van der Waals surface area contributed by atoms with Gasteiger partial charge in [0.15, 0.2) is 16.5 Å². The molecular weight excluding hydrogens is 544 g/mol. The van der Waals surface area contributed by atoms with Crippen LogP contribution in [0.2, 0.25) is 5.02 Å². The van der Waals surface area contributed by atoms with Crippen molar-refractivity contribution in [3.63, 3.8) is 0 Å². The summed E-state index contributed by atoms with van der Waals surface area (Å²) >= 11 is 9.20. The summed E-state index contributed by atoms with van der Waals surface area (Å²) in [6.45, 7) is 4.63. The van der Waals surface area contributed by atoms with E-state index in [1.54, 1.807) is 25.6 Å². The van der Waals surface area contributed by atoms with Gasteiger partial charge in [-0.2, -0.15) is 0 Å². The lowest BCUT2D eigenvalue weighted by molar-refractivity contribution is 0.187. The van der Waals surface area contributed by atoms with Gasteiger partial charge in [-0.25, -0.2) is 14.6 Å². The monoisotopic (exact) mass is 568 g/mol. The fraction of sp³-hybridized carbons (Fsp3) is 0.259. The van der Waals surface area contributed by atoms with Crippen LogP contribution in [-0.2, 0) is 16.8 Å². The van der Waals surface area contributed by atoms with Crippen molar-refractivity contribution in [3.8, 4) is 23.0 Å². The fourth-order valence-corrected chi connectivity index (χ4v) is 6.14. The van der Waals surface area contributed by atoms with Crippen molar-refractivity contribution in [1.82, 2.24) is 14.6 Å². The average Bonchev–Trinajstić information content (AvgIpc) is 3.69. The summed E-state index contributed by atoms with van der Waals surface area (Å²) in [5.74, 6) is 1.93. The molecule has 1 N–H and O–H groups in total. The van der Waals surface area contributed by atoms with E-state index in [4.69, 9.17) is 35.2 Å². The van der Waals surface area contributed by atoms with E-state index in [2.05, 4.69) is 24.3 Å². The van der Waals surface area contributed by atoms with Crippen LogP contribution in [0.1, 0.15) is 30.1 Å². The first kappa shape index (κ1) is 25.1. The zero-order chi connectivity index (χ0) is 26.4. The van der Waals surface area contributed by atoms with Crippen molar-refractivity contribution >= 4 is 45.7 Å². The Morgan fingerprint density at radius 1 is 1.13 bits per heavy atom. The van der Waals surface area contributed by atoms with E-state index in [0.29, 0.717) is 35.1 Å². The lowest BCUT2D eigenvalue weighted by Gasteiger charge is -2.22. The summed E-state index contributed by atoms with van der Waals surface area (Å²) in [5, 5.41) is 5.41.